The molecule has 0 spiro atoms. The topological polar surface area (TPSA) is 65.1 Å². The lowest BCUT2D eigenvalue weighted by atomic mass is 10.2. The SMILES string of the molecule is COc1cc(C(=O)OC(C)C(=O)N(C(C)C)C(C)C)cc(Cl)c1OC(C)C. The van der Waals surface area contributed by atoms with Gasteiger partial charge in [-0.15, -0.1) is 0 Å². The van der Waals surface area contributed by atoms with Crippen LogP contribution in [-0.2, 0) is 9.53 Å². The molecule has 0 aliphatic rings. The first kappa shape index (κ1) is 23.1. The minimum atomic E-state index is -0.918. The van der Waals surface area contributed by atoms with E-state index in [2.05, 4.69) is 0 Å². The van der Waals surface area contributed by atoms with E-state index in [4.69, 9.17) is 25.8 Å². The first-order chi connectivity index (χ1) is 12.5. The molecule has 0 fully saturated rings. The lowest BCUT2D eigenvalue weighted by Crippen LogP contribution is -2.47. The summed E-state index contributed by atoms with van der Waals surface area (Å²) >= 11 is 6.25. The Balaban J connectivity index is 3.03. The van der Waals surface area contributed by atoms with E-state index in [1.807, 2.05) is 41.5 Å². The summed E-state index contributed by atoms with van der Waals surface area (Å²) in [6.45, 7) is 13.0. The van der Waals surface area contributed by atoms with Gasteiger partial charge >= 0.3 is 5.97 Å². The molecule has 0 aromatic heterocycles. The van der Waals surface area contributed by atoms with Gasteiger partial charge in [0.05, 0.1) is 23.8 Å². The van der Waals surface area contributed by atoms with Crippen LogP contribution in [0.25, 0.3) is 0 Å². The lowest BCUT2D eigenvalue weighted by Gasteiger charge is -2.32. The molecule has 1 aromatic rings. The van der Waals surface area contributed by atoms with Crippen LogP contribution in [0.3, 0.4) is 0 Å². The monoisotopic (exact) mass is 399 g/mol. The average Bonchev–Trinajstić information content (AvgIpc) is 2.55. The molecule has 1 unspecified atom stereocenters. The summed E-state index contributed by atoms with van der Waals surface area (Å²) in [7, 11) is 1.46. The minimum Gasteiger partial charge on any atom is -0.493 e. The van der Waals surface area contributed by atoms with Crippen molar-refractivity contribution < 1.29 is 23.8 Å². The summed E-state index contributed by atoms with van der Waals surface area (Å²) < 4.78 is 16.3. The van der Waals surface area contributed by atoms with Crippen LogP contribution in [0.1, 0.15) is 58.8 Å². The Labute approximate surface area is 166 Å². The van der Waals surface area contributed by atoms with Crippen molar-refractivity contribution >= 4 is 23.5 Å². The van der Waals surface area contributed by atoms with E-state index in [9.17, 15) is 9.59 Å². The van der Waals surface area contributed by atoms with Crippen LogP contribution in [0.4, 0.5) is 0 Å². The van der Waals surface area contributed by atoms with Gasteiger partial charge in [0.2, 0.25) is 0 Å². The second-order valence-corrected chi connectivity index (χ2v) is 7.54. The fourth-order valence-corrected chi connectivity index (χ4v) is 3.04. The molecule has 0 N–H and O–H groups in total. The third kappa shape index (κ3) is 6.03. The number of rotatable bonds is 8. The van der Waals surface area contributed by atoms with Crippen molar-refractivity contribution in [3.63, 3.8) is 0 Å². The fourth-order valence-electron chi connectivity index (χ4n) is 2.78. The van der Waals surface area contributed by atoms with Crippen LogP contribution in [0.15, 0.2) is 12.1 Å². The molecule has 6 nitrogen and oxygen atoms in total. The highest BCUT2D eigenvalue weighted by Gasteiger charge is 2.28. The normalized spacial score (nSPS) is 12.3. The van der Waals surface area contributed by atoms with E-state index in [1.165, 1.54) is 19.2 Å². The maximum absolute atomic E-state index is 12.6. The highest BCUT2D eigenvalue weighted by atomic mass is 35.5. The lowest BCUT2D eigenvalue weighted by molar-refractivity contribution is -0.143. The third-order valence-corrected chi connectivity index (χ3v) is 4.10. The first-order valence-electron chi connectivity index (χ1n) is 9.06. The molecule has 1 aromatic carbocycles. The molecule has 1 rings (SSSR count). The van der Waals surface area contributed by atoms with Gasteiger partial charge in [-0.2, -0.15) is 0 Å². The Morgan fingerprint density at radius 1 is 1.00 bits per heavy atom. The number of benzene rings is 1. The number of carbonyl (C=O) groups is 2. The number of nitrogens with zero attached hydrogens (tertiary/aromatic N) is 1. The van der Waals surface area contributed by atoms with Crippen molar-refractivity contribution in [1.29, 1.82) is 0 Å². The molecule has 1 amide bonds. The highest BCUT2D eigenvalue weighted by molar-refractivity contribution is 6.32. The van der Waals surface area contributed by atoms with Crippen molar-refractivity contribution in [2.45, 2.75) is 72.8 Å². The molecule has 27 heavy (non-hydrogen) atoms. The van der Waals surface area contributed by atoms with Gasteiger partial charge in [-0.25, -0.2) is 4.79 Å². The van der Waals surface area contributed by atoms with Crippen LogP contribution in [0, 0.1) is 0 Å². The minimum absolute atomic E-state index is 0.000608. The van der Waals surface area contributed by atoms with E-state index in [0.29, 0.717) is 11.5 Å². The molecule has 1 atom stereocenters. The fraction of sp³-hybridized carbons (Fsp3) is 0.600. The number of hydrogen-bond acceptors (Lipinski definition) is 5. The van der Waals surface area contributed by atoms with E-state index in [-0.39, 0.29) is 34.7 Å². The highest BCUT2D eigenvalue weighted by Crippen LogP contribution is 2.37. The van der Waals surface area contributed by atoms with Crippen LogP contribution in [-0.4, -0.2) is 48.2 Å². The summed E-state index contributed by atoms with van der Waals surface area (Å²) in [5, 5.41) is 0.236. The molecule has 0 radical (unpaired) electrons. The maximum Gasteiger partial charge on any atom is 0.339 e. The van der Waals surface area contributed by atoms with E-state index >= 15 is 0 Å². The Morgan fingerprint density at radius 3 is 2.00 bits per heavy atom. The van der Waals surface area contributed by atoms with Crippen molar-refractivity contribution in [1.82, 2.24) is 4.90 Å². The number of halogens is 1. The smallest absolute Gasteiger partial charge is 0.339 e. The summed E-state index contributed by atoms with van der Waals surface area (Å²) in [4.78, 5) is 26.8. The summed E-state index contributed by atoms with van der Waals surface area (Å²) in [6, 6.07) is 2.94. The number of esters is 1. The molecule has 0 saturated heterocycles. The van der Waals surface area contributed by atoms with E-state index in [1.54, 1.807) is 11.8 Å². The zero-order chi connectivity index (χ0) is 20.9. The first-order valence-corrected chi connectivity index (χ1v) is 9.44. The number of methoxy groups -OCH3 is 1. The van der Waals surface area contributed by atoms with Crippen LogP contribution in [0.2, 0.25) is 5.02 Å². The number of hydrogen-bond donors (Lipinski definition) is 0. The molecule has 0 aliphatic heterocycles. The summed E-state index contributed by atoms with van der Waals surface area (Å²) in [5.74, 6) is -0.209. The Hall–Kier alpha value is -1.95. The van der Waals surface area contributed by atoms with Crippen LogP contribution >= 0.6 is 11.6 Å². The second-order valence-electron chi connectivity index (χ2n) is 7.14. The van der Waals surface area contributed by atoms with Gasteiger partial charge in [-0.1, -0.05) is 11.6 Å². The number of carbonyl (C=O) groups excluding carboxylic acids is 2. The predicted octanol–water partition coefficient (Wildman–Crippen LogP) is 4.33. The third-order valence-electron chi connectivity index (χ3n) is 3.82. The van der Waals surface area contributed by atoms with Gasteiger partial charge in [0.15, 0.2) is 17.6 Å². The molecule has 0 aliphatic carbocycles. The Kier molecular flexibility index (Phi) is 8.41. The Morgan fingerprint density at radius 2 is 1.56 bits per heavy atom. The van der Waals surface area contributed by atoms with Gasteiger partial charge in [-0.05, 0) is 60.6 Å². The van der Waals surface area contributed by atoms with Crippen LogP contribution in [0.5, 0.6) is 11.5 Å². The van der Waals surface area contributed by atoms with Crippen molar-refractivity contribution in [2.24, 2.45) is 0 Å². The van der Waals surface area contributed by atoms with Gasteiger partial charge in [0, 0.05) is 12.1 Å². The zero-order valence-corrected chi connectivity index (χ0v) is 18.1. The van der Waals surface area contributed by atoms with Gasteiger partial charge in [0.25, 0.3) is 5.91 Å². The second kappa shape index (κ2) is 9.83. The summed E-state index contributed by atoms with van der Waals surface area (Å²) in [6.07, 6.45) is -1.02. The van der Waals surface area contributed by atoms with E-state index < -0.39 is 12.1 Å². The van der Waals surface area contributed by atoms with Gasteiger partial charge < -0.3 is 19.1 Å². The van der Waals surface area contributed by atoms with Gasteiger partial charge in [-0.3, -0.25) is 4.79 Å². The number of ether oxygens (including phenoxy) is 3. The number of amides is 1. The van der Waals surface area contributed by atoms with Crippen molar-refractivity contribution in [2.75, 3.05) is 7.11 Å². The molecule has 0 heterocycles. The van der Waals surface area contributed by atoms with Crippen molar-refractivity contribution in [3.8, 4) is 11.5 Å². The summed E-state index contributed by atoms with van der Waals surface area (Å²) in [5.41, 5.74) is 0.188. The average molecular weight is 400 g/mol. The predicted molar refractivity (Wildman–Crippen MR) is 106 cm³/mol. The molecule has 152 valence electrons. The molecule has 0 bridgehead atoms. The van der Waals surface area contributed by atoms with Crippen LogP contribution < -0.4 is 9.47 Å². The quantitative estimate of drug-likeness (QED) is 0.609. The molecule has 0 saturated carbocycles. The largest absolute Gasteiger partial charge is 0.493 e. The van der Waals surface area contributed by atoms with Crippen molar-refractivity contribution in [3.05, 3.63) is 22.7 Å². The maximum atomic E-state index is 12.6. The molecule has 7 heteroatoms. The molecular formula is C20H30ClNO5. The molecular weight excluding hydrogens is 370 g/mol. The zero-order valence-electron chi connectivity index (χ0n) is 17.3. The Bertz CT molecular complexity index is 665. The van der Waals surface area contributed by atoms with E-state index in [0.717, 1.165) is 0 Å². The standard InChI is InChI=1S/C20H30ClNO5/c1-11(2)22(12(3)4)19(23)14(7)27-20(24)15-9-16(21)18(26-13(5)6)17(10-15)25-8/h9-14H,1-8H3. The van der Waals surface area contributed by atoms with Gasteiger partial charge in [0.1, 0.15) is 0 Å².